The summed E-state index contributed by atoms with van der Waals surface area (Å²) in [6.45, 7) is 1.06. The van der Waals surface area contributed by atoms with Crippen LogP contribution in [0.4, 0.5) is 5.69 Å². The molecule has 0 aliphatic carbocycles. The highest BCUT2D eigenvalue weighted by Crippen LogP contribution is 2.33. The number of ether oxygens (including phenoxy) is 1. The highest BCUT2D eigenvalue weighted by atomic mass is 16.6. The van der Waals surface area contributed by atoms with Crippen molar-refractivity contribution in [3.63, 3.8) is 0 Å². The summed E-state index contributed by atoms with van der Waals surface area (Å²) < 4.78 is 5.80. The predicted molar refractivity (Wildman–Crippen MR) is 73.9 cm³/mol. The SMILES string of the molecule is O=[N+]([O-])c1ccc(OC2CNCC2O)c2ccccc12. The molecular weight excluding hydrogens is 260 g/mol. The molecule has 2 unspecified atom stereocenters. The van der Waals surface area contributed by atoms with Crippen LogP contribution >= 0.6 is 0 Å². The molecule has 1 fully saturated rings. The summed E-state index contributed by atoms with van der Waals surface area (Å²) in [6.07, 6.45) is -0.899. The minimum absolute atomic E-state index is 0.0537. The largest absolute Gasteiger partial charge is 0.486 e. The first-order chi connectivity index (χ1) is 9.66. The van der Waals surface area contributed by atoms with Gasteiger partial charge in [0.15, 0.2) is 0 Å². The lowest BCUT2D eigenvalue weighted by atomic mass is 10.1. The van der Waals surface area contributed by atoms with E-state index in [-0.39, 0.29) is 11.8 Å². The van der Waals surface area contributed by atoms with E-state index in [1.54, 1.807) is 24.3 Å². The van der Waals surface area contributed by atoms with Crippen molar-refractivity contribution in [1.29, 1.82) is 0 Å². The van der Waals surface area contributed by atoms with E-state index >= 15 is 0 Å². The van der Waals surface area contributed by atoms with Crippen LogP contribution in [0.2, 0.25) is 0 Å². The second-order valence-corrected chi connectivity index (χ2v) is 4.77. The molecule has 0 bridgehead atoms. The van der Waals surface area contributed by atoms with Crippen molar-refractivity contribution in [2.45, 2.75) is 12.2 Å². The minimum Gasteiger partial charge on any atom is -0.486 e. The van der Waals surface area contributed by atoms with Gasteiger partial charge < -0.3 is 15.2 Å². The third-order valence-corrected chi connectivity index (χ3v) is 3.46. The summed E-state index contributed by atoms with van der Waals surface area (Å²) in [7, 11) is 0. The fourth-order valence-corrected chi connectivity index (χ4v) is 2.44. The van der Waals surface area contributed by atoms with Gasteiger partial charge in [0.2, 0.25) is 0 Å². The number of rotatable bonds is 3. The number of β-amino-alcohol motifs (C(OH)–C–C–N with tert-alkyl or cyclic N) is 1. The number of non-ortho nitro benzene ring substituents is 1. The number of nitro benzene ring substituents is 1. The molecule has 0 radical (unpaired) electrons. The molecule has 2 atom stereocenters. The van der Waals surface area contributed by atoms with Gasteiger partial charge in [0, 0.05) is 24.5 Å². The van der Waals surface area contributed by atoms with Crippen LogP contribution in [0.15, 0.2) is 36.4 Å². The topological polar surface area (TPSA) is 84.6 Å². The van der Waals surface area contributed by atoms with Crippen molar-refractivity contribution in [2.24, 2.45) is 0 Å². The van der Waals surface area contributed by atoms with E-state index in [0.29, 0.717) is 29.6 Å². The van der Waals surface area contributed by atoms with Gasteiger partial charge in [-0.1, -0.05) is 18.2 Å². The van der Waals surface area contributed by atoms with Crippen molar-refractivity contribution < 1.29 is 14.8 Å². The average molecular weight is 274 g/mol. The first-order valence-corrected chi connectivity index (χ1v) is 6.38. The fourth-order valence-electron chi connectivity index (χ4n) is 2.44. The smallest absolute Gasteiger partial charge is 0.277 e. The predicted octanol–water partition coefficient (Wildman–Crippen LogP) is 1.46. The van der Waals surface area contributed by atoms with Gasteiger partial charge in [-0.3, -0.25) is 10.1 Å². The van der Waals surface area contributed by atoms with Crippen LogP contribution in [-0.4, -0.2) is 35.3 Å². The van der Waals surface area contributed by atoms with Gasteiger partial charge in [0.1, 0.15) is 18.0 Å². The molecule has 1 aliphatic rings. The van der Waals surface area contributed by atoms with Crippen molar-refractivity contribution >= 4 is 16.5 Å². The van der Waals surface area contributed by atoms with Crippen molar-refractivity contribution in [2.75, 3.05) is 13.1 Å². The minimum atomic E-state index is -0.566. The molecule has 2 aromatic rings. The van der Waals surface area contributed by atoms with E-state index in [1.165, 1.54) is 6.07 Å². The molecule has 0 saturated carbocycles. The number of nitrogens with zero attached hydrogens (tertiary/aromatic N) is 1. The Hall–Kier alpha value is -2.18. The van der Waals surface area contributed by atoms with Crippen LogP contribution in [0.3, 0.4) is 0 Å². The van der Waals surface area contributed by atoms with E-state index in [2.05, 4.69) is 5.32 Å². The third-order valence-electron chi connectivity index (χ3n) is 3.46. The van der Waals surface area contributed by atoms with Gasteiger partial charge in [0.05, 0.1) is 10.3 Å². The zero-order valence-electron chi connectivity index (χ0n) is 10.7. The number of nitro groups is 1. The van der Waals surface area contributed by atoms with Crippen molar-refractivity contribution in [1.82, 2.24) is 5.32 Å². The Kier molecular flexibility index (Phi) is 3.25. The molecule has 0 aromatic heterocycles. The molecule has 1 saturated heterocycles. The van der Waals surface area contributed by atoms with Gasteiger partial charge in [-0.15, -0.1) is 0 Å². The number of hydrogen-bond acceptors (Lipinski definition) is 5. The summed E-state index contributed by atoms with van der Waals surface area (Å²) in [5.74, 6) is 0.555. The van der Waals surface area contributed by atoms with Gasteiger partial charge in [-0.05, 0) is 12.1 Å². The van der Waals surface area contributed by atoms with Crippen LogP contribution in [0.25, 0.3) is 10.8 Å². The number of aliphatic hydroxyl groups excluding tert-OH is 1. The zero-order chi connectivity index (χ0) is 14.1. The van der Waals surface area contributed by atoms with Crippen LogP contribution in [0.1, 0.15) is 0 Å². The van der Waals surface area contributed by atoms with Crippen LogP contribution in [0, 0.1) is 10.1 Å². The van der Waals surface area contributed by atoms with E-state index in [0.717, 1.165) is 0 Å². The number of aliphatic hydroxyl groups is 1. The summed E-state index contributed by atoms with van der Waals surface area (Å²) in [6, 6.07) is 10.1. The Morgan fingerprint density at radius 1 is 1.20 bits per heavy atom. The van der Waals surface area contributed by atoms with E-state index in [1.807, 2.05) is 6.07 Å². The second-order valence-electron chi connectivity index (χ2n) is 4.77. The summed E-state index contributed by atoms with van der Waals surface area (Å²) >= 11 is 0. The van der Waals surface area contributed by atoms with E-state index in [9.17, 15) is 15.2 Å². The number of nitrogens with one attached hydrogen (secondary N) is 1. The maximum absolute atomic E-state index is 11.0. The lowest BCUT2D eigenvalue weighted by Gasteiger charge is -2.17. The molecule has 1 aliphatic heterocycles. The second kappa shape index (κ2) is 5.07. The number of fused-ring (bicyclic) bond motifs is 1. The average Bonchev–Trinajstić information content (AvgIpc) is 2.84. The van der Waals surface area contributed by atoms with Crippen molar-refractivity contribution in [3.8, 4) is 5.75 Å². The highest BCUT2D eigenvalue weighted by Gasteiger charge is 2.27. The number of hydrogen-bond donors (Lipinski definition) is 2. The quantitative estimate of drug-likeness (QED) is 0.654. The van der Waals surface area contributed by atoms with E-state index < -0.39 is 11.0 Å². The Morgan fingerprint density at radius 3 is 2.60 bits per heavy atom. The first kappa shape index (κ1) is 12.8. The molecule has 104 valence electrons. The lowest BCUT2D eigenvalue weighted by molar-refractivity contribution is -0.383. The van der Waals surface area contributed by atoms with Gasteiger partial charge in [-0.25, -0.2) is 0 Å². The maximum Gasteiger partial charge on any atom is 0.277 e. The molecule has 0 amide bonds. The van der Waals surface area contributed by atoms with Gasteiger partial charge in [0.25, 0.3) is 5.69 Å². The maximum atomic E-state index is 11.0. The normalized spacial score (nSPS) is 22.1. The van der Waals surface area contributed by atoms with Crippen LogP contribution in [-0.2, 0) is 0 Å². The monoisotopic (exact) mass is 274 g/mol. The lowest BCUT2D eigenvalue weighted by Crippen LogP contribution is -2.29. The third kappa shape index (κ3) is 2.19. The summed E-state index contributed by atoms with van der Waals surface area (Å²) in [5, 5.41) is 25.1. The Labute approximate surface area is 115 Å². The summed E-state index contributed by atoms with van der Waals surface area (Å²) in [5.41, 5.74) is 0.0537. The molecule has 2 aromatic carbocycles. The molecule has 0 spiro atoms. The molecule has 1 heterocycles. The standard InChI is InChI=1S/C14H14N2O4/c17-12-7-15-8-14(12)20-13-6-5-11(16(18)19)9-3-1-2-4-10(9)13/h1-6,12,14-15,17H,7-8H2. The highest BCUT2D eigenvalue weighted by molar-refractivity contribution is 5.95. The van der Waals surface area contributed by atoms with Crippen molar-refractivity contribution in [3.05, 3.63) is 46.5 Å². The zero-order valence-corrected chi connectivity index (χ0v) is 10.7. The Morgan fingerprint density at radius 2 is 1.95 bits per heavy atom. The van der Waals surface area contributed by atoms with E-state index in [4.69, 9.17) is 4.74 Å². The van der Waals surface area contributed by atoms with Gasteiger partial charge >= 0.3 is 0 Å². The first-order valence-electron chi connectivity index (χ1n) is 6.38. The van der Waals surface area contributed by atoms with Crippen LogP contribution < -0.4 is 10.1 Å². The molecule has 2 N–H and O–H groups in total. The Balaban J connectivity index is 2.04. The Bertz CT molecular complexity index is 659. The molecule has 6 heteroatoms. The molecule has 3 rings (SSSR count). The van der Waals surface area contributed by atoms with Crippen LogP contribution in [0.5, 0.6) is 5.75 Å². The molecular formula is C14H14N2O4. The molecule has 20 heavy (non-hydrogen) atoms. The fraction of sp³-hybridized carbons (Fsp3) is 0.286. The number of benzene rings is 2. The van der Waals surface area contributed by atoms with Gasteiger partial charge in [-0.2, -0.15) is 0 Å². The molecule has 6 nitrogen and oxygen atoms in total. The summed E-state index contributed by atoms with van der Waals surface area (Å²) in [4.78, 5) is 10.6.